The van der Waals surface area contributed by atoms with Gasteiger partial charge in [-0.25, -0.2) is 0 Å². The Morgan fingerprint density at radius 2 is 1.74 bits per heavy atom. The Morgan fingerprint density at radius 1 is 1.06 bits per heavy atom. The van der Waals surface area contributed by atoms with Crippen molar-refractivity contribution >= 4 is 17.4 Å². The fourth-order valence-electron chi connectivity index (χ4n) is 3.56. The molecule has 1 atom stereocenters. The zero-order valence-electron chi connectivity index (χ0n) is 18.0. The molecule has 1 aliphatic rings. The predicted octanol–water partition coefficient (Wildman–Crippen LogP) is 2.39. The van der Waals surface area contributed by atoms with E-state index in [1.807, 2.05) is 19.0 Å². The molecule has 1 unspecified atom stereocenters. The first-order chi connectivity index (χ1) is 14.8. The standard InChI is InChI=1S/C23H26N2O6/c1-24(2)10-11-25-20(14-6-5-7-15(12-14)30-3)19(22(28)23(25)29)21(27)17-9-8-16(31-4)13-18(17)26/h5-9,12-13,20,26-27H,10-11H2,1-4H3/b21-19+. The molecule has 0 saturated carbocycles. The van der Waals surface area contributed by atoms with E-state index in [9.17, 15) is 19.8 Å². The van der Waals surface area contributed by atoms with Crippen LogP contribution in [0.5, 0.6) is 17.2 Å². The minimum absolute atomic E-state index is 0.0410. The van der Waals surface area contributed by atoms with Gasteiger partial charge in [-0.15, -0.1) is 0 Å². The Bertz CT molecular complexity index is 1030. The van der Waals surface area contributed by atoms with Gasteiger partial charge in [0.15, 0.2) is 0 Å². The average molecular weight is 426 g/mol. The highest BCUT2D eigenvalue weighted by Crippen LogP contribution is 2.41. The number of hydrogen-bond donors (Lipinski definition) is 2. The summed E-state index contributed by atoms with van der Waals surface area (Å²) in [5, 5.41) is 21.4. The third-order valence-corrected chi connectivity index (χ3v) is 5.20. The van der Waals surface area contributed by atoms with Crippen molar-refractivity contribution in [3.8, 4) is 17.2 Å². The summed E-state index contributed by atoms with van der Waals surface area (Å²) in [6, 6.07) is 10.5. The minimum Gasteiger partial charge on any atom is -0.507 e. The van der Waals surface area contributed by atoms with E-state index in [1.165, 1.54) is 31.3 Å². The maximum atomic E-state index is 13.0. The molecule has 2 N–H and O–H groups in total. The maximum absolute atomic E-state index is 13.0. The number of aliphatic hydroxyl groups is 1. The van der Waals surface area contributed by atoms with Crippen LogP contribution in [0, 0.1) is 0 Å². The van der Waals surface area contributed by atoms with Crippen molar-refractivity contribution in [2.24, 2.45) is 0 Å². The van der Waals surface area contributed by atoms with E-state index in [4.69, 9.17) is 9.47 Å². The lowest BCUT2D eigenvalue weighted by Gasteiger charge is -2.26. The SMILES string of the molecule is COc1cccc(C2/C(=C(\O)c3ccc(OC)cc3O)C(=O)C(=O)N2CCN(C)C)c1. The molecule has 8 nitrogen and oxygen atoms in total. The van der Waals surface area contributed by atoms with Crippen LogP contribution in [0.25, 0.3) is 5.76 Å². The number of carbonyl (C=O) groups excluding carboxylic acids is 2. The second-order valence-corrected chi connectivity index (χ2v) is 7.46. The molecule has 164 valence electrons. The number of ketones is 1. The molecule has 0 radical (unpaired) electrons. The number of phenolic OH excluding ortho intramolecular Hbond substituents is 1. The van der Waals surface area contributed by atoms with Gasteiger partial charge in [0.25, 0.3) is 11.7 Å². The number of nitrogens with zero attached hydrogens (tertiary/aromatic N) is 2. The highest BCUT2D eigenvalue weighted by atomic mass is 16.5. The molecule has 1 saturated heterocycles. The van der Waals surface area contributed by atoms with Crippen molar-refractivity contribution in [1.29, 1.82) is 0 Å². The number of phenols is 1. The lowest BCUT2D eigenvalue weighted by Crippen LogP contribution is -2.35. The fraction of sp³-hybridized carbons (Fsp3) is 0.304. The van der Waals surface area contributed by atoms with E-state index in [-0.39, 0.29) is 23.4 Å². The molecule has 3 rings (SSSR count). The van der Waals surface area contributed by atoms with Gasteiger partial charge < -0.3 is 29.5 Å². The van der Waals surface area contributed by atoms with Crippen molar-refractivity contribution in [3.05, 3.63) is 59.2 Å². The van der Waals surface area contributed by atoms with E-state index in [1.54, 1.807) is 30.3 Å². The van der Waals surface area contributed by atoms with Crippen molar-refractivity contribution in [1.82, 2.24) is 9.80 Å². The summed E-state index contributed by atoms with van der Waals surface area (Å²) in [4.78, 5) is 29.2. The smallest absolute Gasteiger partial charge is 0.295 e. The van der Waals surface area contributed by atoms with Crippen LogP contribution >= 0.6 is 0 Å². The number of methoxy groups -OCH3 is 2. The molecule has 0 aromatic heterocycles. The van der Waals surface area contributed by atoms with Gasteiger partial charge in [0.05, 0.1) is 31.4 Å². The summed E-state index contributed by atoms with van der Waals surface area (Å²) >= 11 is 0. The Labute approximate surface area is 180 Å². The van der Waals surface area contributed by atoms with E-state index in [0.29, 0.717) is 23.6 Å². The highest BCUT2D eigenvalue weighted by Gasteiger charge is 2.46. The Morgan fingerprint density at radius 3 is 2.35 bits per heavy atom. The number of aromatic hydroxyl groups is 1. The van der Waals surface area contributed by atoms with Crippen molar-refractivity contribution in [3.63, 3.8) is 0 Å². The molecule has 0 spiro atoms. The van der Waals surface area contributed by atoms with Crippen LogP contribution in [0.4, 0.5) is 0 Å². The van der Waals surface area contributed by atoms with Crippen LogP contribution in [-0.4, -0.2) is 73.1 Å². The summed E-state index contributed by atoms with van der Waals surface area (Å²) in [6.07, 6.45) is 0. The van der Waals surface area contributed by atoms with E-state index in [0.717, 1.165) is 0 Å². The Balaban J connectivity index is 2.18. The highest BCUT2D eigenvalue weighted by molar-refractivity contribution is 6.46. The van der Waals surface area contributed by atoms with Crippen LogP contribution in [-0.2, 0) is 9.59 Å². The molecule has 31 heavy (non-hydrogen) atoms. The quantitative estimate of drug-likeness (QED) is 0.398. The number of amides is 1. The van der Waals surface area contributed by atoms with Gasteiger partial charge in [-0.05, 0) is 43.9 Å². The number of aliphatic hydroxyl groups excluding tert-OH is 1. The second kappa shape index (κ2) is 9.09. The van der Waals surface area contributed by atoms with Gasteiger partial charge in [0, 0.05) is 19.2 Å². The fourth-order valence-corrected chi connectivity index (χ4v) is 3.56. The largest absolute Gasteiger partial charge is 0.507 e. The van der Waals surface area contributed by atoms with Gasteiger partial charge >= 0.3 is 0 Å². The second-order valence-electron chi connectivity index (χ2n) is 7.46. The van der Waals surface area contributed by atoms with Gasteiger partial charge in [0.1, 0.15) is 23.0 Å². The number of benzene rings is 2. The van der Waals surface area contributed by atoms with Crippen molar-refractivity contribution < 1.29 is 29.3 Å². The monoisotopic (exact) mass is 426 g/mol. The molecule has 2 aromatic carbocycles. The first kappa shape index (κ1) is 22.2. The molecule has 2 aromatic rings. The molecule has 1 heterocycles. The van der Waals surface area contributed by atoms with Crippen LogP contribution in [0.15, 0.2) is 48.0 Å². The number of hydrogen-bond acceptors (Lipinski definition) is 7. The first-order valence-corrected chi connectivity index (χ1v) is 9.73. The molecule has 1 amide bonds. The summed E-state index contributed by atoms with van der Waals surface area (Å²) < 4.78 is 10.4. The van der Waals surface area contributed by atoms with Crippen LogP contribution in [0.2, 0.25) is 0 Å². The van der Waals surface area contributed by atoms with Crippen LogP contribution in [0.3, 0.4) is 0 Å². The lowest BCUT2D eigenvalue weighted by molar-refractivity contribution is -0.140. The normalized spacial score (nSPS) is 18.0. The summed E-state index contributed by atoms with van der Waals surface area (Å²) in [5.74, 6) is -1.27. The van der Waals surface area contributed by atoms with Crippen LogP contribution < -0.4 is 9.47 Å². The Hall–Kier alpha value is -3.52. The summed E-state index contributed by atoms with van der Waals surface area (Å²) in [6.45, 7) is 0.812. The van der Waals surface area contributed by atoms with E-state index < -0.39 is 23.5 Å². The maximum Gasteiger partial charge on any atom is 0.295 e. The van der Waals surface area contributed by atoms with Crippen molar-refractivity contribution in [2.45, 2.75) is 6.04 Å². The molecular formula is C23H26N2O6. The van der Waals surface area contributed by atoms with E-state index in [2.05, 4.69) is 0 Å². The first-order valence-electron chi connectivity index (χ1n) is 9.73. The number of ether oxygens (including phenoxy) is 2. The third-order valence-electron chi connectivity index (χ3n) is 5.20. The van der Waals surface area contributed by atoms with Crippen LogP contribution in [0.1, 0.15) is 17.2 Å². The molecule has 0 bridgehead atoms. The predicted molar refractivity (Wildman–Crippen MR) is 115 cm³/mol. The van der Waals surface area contributed by atoms with Gasteiger partial charge in [-0.3, -0.25) is 9.59 Å². The molecular weight excluding hydrogens is 400 g/mol. The number of likely N-dealkylation sites (N-methyl/N-ethyl adjacent to an activating group) is 1. The van der Waals surface area contributed by atoms with Gasteiger partial charge in [-0.2, -0.15) is 0 Å². The number of rotatable bonds is 7. The summed E-state index contributed by atoms with van der Waals surface area (Å²) in [7, 11) is 6.71. The number of Topliss-reactive ketones (excluding diaryl/α,β-unsaturated/α-hetero) is 1. The molecule has 1 aliphatic heterocycles. The molecule has 1 fully saturated rings. The molecule has 0 aliphatic carbocycles. The molecule has 8 heteroatoms. The number of carbonyl (C=O) groups is 2. The topological polar surface area (TPSA) is 99.5 Å². The average Bonchev–Trinajstić information content (AvgIpc) is 3.01. The zero-order valence-corrected chi connectivity index (χ0v) is 18.0. The third kappa shape index (κ3) is 4.34. The van der Waals surface area contributed by atoms with Gasteiger partial charge in [0.2, 0.25) is 0 Å². The van der Waals surface area contributed by atoms with E-state index >= 15 is 0 Å². The Kier molecular flexibility index (Phi) is 6.50. The minimum atomic E-state index is -0.823. The van der Waals surface area contributed by atoms with Crippen molar-refractivity contribution in [2.75, 3.05) is 41.4 Å². The number of likely N-dealkylation sites (tertiary alicyclic amines) is 1. The summed E-state index contributed by atoms with van der Waals surface area (Å²) in [5.41, 5.74) is 0.573. The zero-order chi connectivity index (χ0) is 22.7. The lowest BCUT2D eigenvalue weighted by atomic mass is 9.95. The van der Waals surface area contributed by atoms with Gasteiger partial charge in [-0.1, -0.05) is 12.1 Å².